The summed E-state index contributed by atoms with van der Waals surface area (Å²) in [5.74, 6) is -0.709. The molecule has 1 amide bonds. The number of carbonyl (C=O) groups is 1. The number of hydrogen-bond donors (Lipinski definition) is 1. The van der Waals surface area contributed by atoms with Crippen LogP contribution in [0.25, 0.3) is 16.6 Å². The number of imidazole rings is 1. The van der Waals surface area contributed by atoms with Crippen LogP contribution in [-0.4, -0.2) is 38.8 Å². The molecule has 0 unspecified atom stereocenters. The second-order valence-corrected chi connectivity index (χ2v) is 7.10. The number of nitrogens with zero attached hydrogens (tertiary/aromatic N) is 4. The number of alkyl halides is 3. The monoisotopic (exact) mass is 430 g/mol. The van der Waals surface area contributed by atoms with Crippen molar-refractivity contribution in [2.45, 2.75) is 12.2 Å². The topological polar surface area (TPSA) is 85.8 Å². The average Bonchev–Trinajstić information content (AvgIpc) is 3.40. The maximum Gasteiger partial charge on any atom is 0.416 e. The molecule has 0 fully saturated rings. The van der Waals surface area contributed by atoms with Crippen molar-refractivity contribution in [1.29, 1.82) is 0 Å². The van der Waals surface area contributed by atoms with E-state index in [1.165, 1.54) is 30.7 Å². The molecular weight excluding hydrogens is 411 g/mol. The molecule has 1 aliphatic heterocycles. The van der Waals surface area contributed by atoms with Crippen LogP contribution in [0.2, 0.25) is 0 Å². The summed E-state index contributed by atoms with van der Waals surface area (Å²) in [6.07, 6.45) is -1.59. The summed E-state index contributed by atoms with van der Waals surface area (Å²) >= 11 is 0. The number of nitrogen functional groups attached to an aromatic ring is 1. The molecule has 10 heteroatoms. The van der Waals surface area contributed by atoms with Gasteiger partial charge in [-0.1, -0.05) is 6.07 Å². The summed E-state index contributed by atoms with van der Waals surface area (Å²) < 4.78 is 70.1. The summed E-state index contributed by atoms with van der Waals surface area (Å²) in [6, 6.07) is 6.10. The molecule has 2 aromatic carbocycles. The number of likely N-dealkylation sites (N-methyl/N-ethyl adjacent to an activating group) is 1. The minimum Gasteiger partial charge on any atom is -0.491 e. The van der Waals surface area contributed by atoms with Gasteiger partial charge in [0.05, 0.1) is 35.2 Å². The molecule has 1 atom stereocenters. The quantitative estimate of drug-likeness (QED) is 0.524. The fourth-order valence-corrected chi connectivity index (χ4v) is 3.67. The van der Waals surface area contributed by atoms with Crippen molar-refractivity contribution in [3.05, 3.63) is 65.6 Å². The van der Waals surface area contributed by atoms with Crippen LogP contribution in [0.15, 0.2) is 48.9 Å². The van der Waals surface area contributed by atoms with Crippen LogP contribution in [0, 0.1) is 0 Å². The molecule has 3 heterocycles. The van der Waals surface area contributed by atoms with E-state index in [-0.39, 0.29) is 29.3 Å². The Kier molecular flexibility index (Phi) is 3.39. The number of carbonyl (C=O) groups excluding carboxylic acids is 1. The number of rotatable bonds is 2. The highest BCUT2D eigenvalue weighted by Crippen LogP contribution is 2.40. The second kappa shape index (κ2) is 6.59. The first-order valence-corrected chi connectivity index (χ1v) is 9.14. The van der Waals surface area contributed by atoms with Gasteiger partial charge >= 0.3 is 6.18 Å². The van der Waals surface area contributed by atoms with Crippen LogP contribution in [-0.2, 0) is 6.18 Å². The molecule has 0 saturated carbocycles. The summed E-state index contributed by atoms with van der Waals surface area (Å²) in [4.78, 5) is 22.4. The van der Waals surface area contributed by atoms with Crippen molar-refractivity contribution in [2.24, 2.45) is 0 Å². The van der Waals surface area contributed by atoms with Crippen molar-refractivity contribution >= 4 is 28.3 Å². The number of halogens is 3. The molecule has 2 aromatic heterocycles. The van der Waals surface area contributed by atoms with Crippen LogP contribution in [0.3, 0.4) is 0 Å². The van der Waals surface area contributed by atoms with Crippen LogP contribution in [0.1, 0.15) is 31.6 Å². The highest BCUT2D eigenvalue weighted by molar-refractivity contribution is 5.98. The van der Waals surface area contributed by atoms with Gasteiger partial charge < -0.3 is 15.4 Å². The lowest BCUT2D eigenvalue weighted by Crippen LogP contribution is -2.32. The molecule has 4 aromatic rings. The Balaban J connectivity index is 1.58. The van der Waals surface area contributed by atoms with Gasteiger partial charge in [0.25, 0.3) is 5.91 Å². The molecule has 1 aliphatic rings. The van der Waals surface area contributed by atoms with Gasteiger partial charge in [0.1, 0.15) is 23.7 Å². The predicted molar refractivity (Wildman–Crippen MR) is 107 cm³/mol. The van der Waals surface area contributed by atoms with Crippen molar-refractivity contribution in [3.63, 3.8) is 0 Å². The second-order valence-electron chi connectivity index (χ2n) is 7.10. The fourth-order valence-electron chi connectivity index (χ4n) is 3.67. The highest BCUT2D eigenvalue weighted by atomic mass is 19.4. The van der Waals surface area contributed by atoms with Gasteiger partial charge in [0.15, 0.2) is 0 Å². The van der Waals surface area contributed by atoms with E-state index in [0.29, 0.717) is 21.5 Å². The standard InChI is InChI=1S/C21H16F3N5O2/c1-28(17-9-31-18-7-12(21(22,23)24)3-4-13(17)18)20(30)11-2-5-14-15(6-11)29-10-26-8-16(29)19(25)27-14/h2-8,10,17H,9H2,1H3,(H2,25,27)/t17-/m0/s1/i1D3. The third-order valence-corrected chi connectivity index (χ3v) is 5.25. The van der Waals surface area contributed by atoms with E-state index in [1.807, 2.05) is 0 Å². The lowest BCUT2D eigenvalue weighted by Gasteiger charge is -2.24. The van der Waals surface area contributed by atoms with Crippen LogP contribution < -0.4 is 10.5 Å². The lowest BCUT2D eigenvalue weighted by molar-refractivity contribution is -0.137. The zero-order valence-corrected chi connectivity index (χ0v) is 15.7. The van der Waals surface area contributed by atoms with Crippen molar-refractivity contribution in [3.8, 4) is 5.75 Å². The molecule has 31 heavy (non-hydrogen) atoms. The summed E-state index contributed by atoms with van der Waals surface area (Å²) in [5, 5.41) is 0. The Hall–Kier alpha value is -3.82. The minimum atomic E-state index is -4.59. The molecule has 0 bridgehead atoms. The van der Waals surface area contributed by atoms with Crippen molar-refractivity contribution in [1.82, 2.24) is 19.3 Å². The molecule has 2 N–H and O–H groups in total. The normalized spacial score (nSPS) is 17.6. The van der Waals surface area contributed by atoms with Gasteiger partial charge in [-0.15, -0.1) is 0 Å². The van der Waals surface area contributed by atoms with Crippen molar-refractivity contribution in [2.75, 3.05) is 19.3 Å². The lowest BCUT2D eigenvalue weighted by atomic mass is 10.0. The number of amides is 1. The van der Waals surface area contributed by atoms with E-state index < -0.39 is 30.7 Å². The summed E-state index contributed by atoms with van der Waals surface area (Å²) in [7, 11) is 0. The SMILES string of the molecule is [2H]C([2H])([2H])N(C(=O)c1ccc2nc(N)c3cncn3c2c1)[C@H]1COc2cc(C(F)(F)F)ccc21. The van der Waals surface area contributed by atoms with Gasteiger partial charge in [-0.3, -0.25) is 9.20 Å². The first-order valence-electron chi connectivity index (χ1n) is 10.6. The van der Waals surface area contributed by atoms with Gasteiger partial charge in [0, 0.05) is 22.2 Å². The molecule has 7 nitrogen and oxygen atoms in total. The first kappa shape index (κ1) is 15.9. The summed E-state index contributed by atoms with van der Waals surface area (Å²) in [5.41, 5.74) is 6.70. The van der Waals surface area contributed by atoms with Crippen LogP contribution in [0.4, 0.5) is 19.0 Å². The fraction of sp³-hybridized carbons (Fsp3) is 0.190. The van der Waals surface area contributed by atoms with Gasteiger partial charge in [-0.25, -0.2) is 9.97 Å². The van der Waals surface area contributed by atoms with E-state index in [4.69, 9.17) is 14.6 Å². The van der Waals surface area contributed by atoms with Gasteiger partial charge in [-0.05, 0) is 30.3 Å². The molecule has 5 rings (SSSR count). The van der Waals surface area contributed by atoms with E-state index >= 15 is 0 Å². The van der Waals surface area contributed by atoms with E-state index in [0.717, 1.165) is 18.2 Å². The molecular formula is C21H16F3N5O2. The maximum atomic E-state index is 13.5. The maximum absolute atomic E-state index is 13.5. The minimum absolute atomic E-state index is 0.0468. The van der Waals surface area contributed by atoms with Crippen LogP contribution in [0.5, 0.6) is 5.75 Å². The Bertz CT molecular complexity index is 1450. The Labute approximate surface area is 178 Å². The predicted octanol–water partition coefficient (Wildman–Crippen LogP) is 3.69. The number of anilines is 1. The highest BCUT2D eigenvalue weighted by Gasteiger charge is 2.36. The summed E-state index contributed by atoms with van der Waals surface area (Å²) in [6.45, 7) is -3.19. The zero-order valence-electron chi connectivity index (χ0n) is 18.7. The number of ether oxygens (including phenoxy) is 1. The molecule has 158 valence electrons. The number of hydrogen-bond acceptors (Lipinski definition) is 5. The molecule has 0 spiro atoms. The van der Waals surface area contributed by atoms with E-state index in [9.17, 15) is 18.0 Å². The third kappa shape index (κ3) is 3.02. The third-order valence-electron chi connectivity index (χ3n) is 5.25. The Morgan fingerprint density at radius 2 is 2.13 bits per heavy atom. The van der Waals surface area contributed by atoms with Crippen LogP contribution >= 0.6 is 0 Å². The zero-order chi connectivity index (χ0) is 24.4. The first-order chi connectivity index (χ1) is 15.9. The van der Waals surface area contributed by atoms with Gasteiger partial charge in [-0.2, -0.15) is 13.2 Å². The largest absolute Gasteiger partial charge is 0.491 e. The van der Waals surface area contributed by atoms with Gasteiger partial charge in [0.2, 0.25) is 0 Å². The van der Waals surface area contributed by atoms with E-state index in [2.05, 4.69) is 9.97 Å². The number of fused-ring (bicyclic) bond motifs is 4. The Morgan fingerprint density at radius 3 is 2.90 bits per heavy atom. The molecule has 0 saturated heterocycles. The van der Waals surface area contributed by atoms with E-state index in [1.54, 1.807) is 4.40 Å². The smallest absolute Gasteiger partial charge is 0.416 e. The Morgan fingerprint density at radius 1 is 1.29 bits per heavy atom. The number of nitrogens with two attached hydrogens (primary N) is 1. The molecule has 0 radical (unpaired) electrons. The molecule has 0 aliphatic carbocycles. The average molecular weight is 430 g/mol. The number of benzene rings is 2. The number of aromatic nitrogens is 3. The van der Waals surface area contributed by atoms with Crippen molar-refractivity contribution < 1.29 is 26.8 Å².